The van der Waals surface area contributed by atoms with Gasteiger partial charge in [-0.15, -0.1) is 24.5 Å². The molecule has 0 bridgehead atoms. The van der Waals surface area contributed by atoms with E-state index in [0.29, 0.717) is 21.9 Å². The molecule has 0 unspecified atom stereocenters. The molecule has 0 amide bonds. The summed E-state index contributed by atoms with van der Waals surface area (Å²) in [5, 5.41) is 18.2. The number of aromatic hydroxyl groups is 1. The van der Waals surface area contributed by atoms with E-state index >= 15 is 0 Å². The molecule has 0 radical (unpaired) electrons. The van der Waals surface area contributed by atoms with Crippen LogP contribution in [0.25, 0.3) is 20.8 Å². The van der Waals surface area contributed by atoms with Crippen molar-refractivity contribution in [2.75, 3.05) is 0 Å². The number of hydrogen-bond acceptors (Lipinski definition) is 6. The van der Waals surface area contributed by atoms with Crippen LogP contribution in [0, 0.1) is 0 Å². The SMILES string of the molecule is Oc1ccc(/N=N/c2ccc(-c3nc4cc(OC(F)(F)F)ccc4s3)cc2)cc1. The summed E-state index contributed by atoms with van der Waals surface area (Å²) in [5.74, 6) is -0.145. The van der Waals surface area contributed by atoms with Crippen LogP contribution in [0.1, 0.15) is 0 Å². The average molecular weight is 415 g/mol. The number of hydrogen-bond donors (Lipinski definition) is 1. The largest absolute Gasteiger partial charge is 0.573 e. The third kappa shape index (κ3) is 4.69. The summed E-state index contributed by atoms with van der Waals surface area (Å²) >= 11 is 1.37. The molecule has 0 saturated carbocycles. The van der Waals surface area contributed by atoms with Crippen LogP contribution in [0.2, 0.25) is 0 Å². The van der Waals surface area contributed by atoms with Crippen LogP contribution in [0.15, 0.2) is 77.0 Å². The number of phenolic OH excluding ortho intramolecular Hbond substituents is 1. The predicted octanol–water partition coefficient (Wildman–Crippen LogP) is 6.98. The zero-order chi connectivity index (χ0) is 20.4. The fraction of sp³-hybridized carbons (Fsp3) is 0.0500. The van der Waals surface area contributed by atoms with Gasteiger partial charge in [-0.05, 0) is 60.7 Å². The lowest BCUT2D eigenvalue weighted by Gasteiger charge is -2.07. The first kappa shape index (κ1) is 18.9. The van der Waals surface area contributed by atoms with Gasteiger partial charge in [0.2, 0.25) is 0 Å². The third-order valence-electron chi connectivity index (χ3n) is 3.84. The Kier molecular flexibility index (Phi) is 4.89. The van der Waals surface area contributed by atoms with E-state index < -0.39 is 6.36 Å². The maximum absolute atomic E-state index is 12.4. The highest BCUT2D eigenvalue weighted by atomic mass is 32.1. The maximum atomic E-state index is 12.4. The lowest BCUT2D eigenvalue weighted by Crippen LogP contribution is -2.16. The van der Waals surface area contributed by atoms with Crippen molar-refractivity contribution in [1.29, 1.82) is 0 Å². The lowest BCUT2D eigenvalue weighted by atomic mass is 10.2. The molecule has 0 atom stereocenters. The van der Waals surface area contributed by atoms with Gasteiger partial charge in [-0.1, -0.05) is 0 Å². The Labute approximate surface area is 166 Å². The number of fused-ring (bicyclic) bond motifs is 1. The molecule has 0 saturated heterocycles. The van der Waals surface area contributed by atoms with Crippen molar-refractivity contribution in [3.05, 3.63) is 66.7 Å². The van der Waals surface area contributed by atoms with Crippen LogP contribution in [-0.2, 0) is 0 Å². The van der Waals surface area contributed by atoms with Gasteiger partial charge < -0.3 is 9.84 Å². The first-order valence-corrected chi connectivity index (χ1v) is 9.15. The molecule has 0 aliphatic heterocycles. The molecule has 0 spiro atoms. The number of rotatable bonds is 4. The Bertz CT molecular complexity index is 1170. The maximum Gasteiger partial charge on any atom is 0.573 e. The molecule has 5 nitrogen and oxygen atoms in total. The van der Waals surface area contributed by atoms with E-state index in [1.807, 2.05) is 12.1 Å². The molecule has 1 aromatic heterocycles. The minimum Gasteiger partial charge on any atom is -0.508 e. The van der Waals surface area contributed by atoms with Crippen LogP contribution in [0.4, 0.5) is 24.5 Å². The van der Waals surface area contributed by atoms with E-state index in [-0.39, 0.29) is 11.5 Å². The van der Waals surface area contributed by atoms with Crippen LogP contribution >= 0.6 is 11.3 Å². The summed E-state index contributed by atoms with van der Waals surface area (Å²) in [5.41, 5.74) is 2.48. The summed E-state index contributed by atoms with van der Waals surface area (Å²) in [6, 6.07) is 17.6. The van der Waals surface area contributed by atoms with Gasteiger partial charge in [0, 0.05) is 11.6 Å². The molecule has 1 N–H and O–H groups in total. The number of halogens is 3. The first-order chi connectivity index (χ1) is 13.9. The smallest absolute Gasteiger partial charge is 0.508 e. The number of azo groups is 1. The second-order valence-electron chi connectivity index (χ2n) is 5.96. The van der Waals surface area contributed by atoms with Crippen LogP contribution in [0.3, 0.4) is 0 Å². The Morgan fingerprint density at radius 1 is 0.862 bits per heavy atom. The minimum absolute atomic E-state index is 0.154. The van der Waals surface area contributed by atoms with Crippen molar-refractivity contribution in [2.24, 2.45) is 10.2 Å². The number of alkyl halides is 3. The van der Waals surface area contributed by atoms with Crippen molar-refractivity contribution in [3.63, 3.8) is 0 Å². The van der Waals surface area contributed by atoms with Gasteiger partial charge in [0.15, 0.2) is 0 Å². The van der Waals surface area contributed by atoms with Crippen molar-refractivity contribution in [2.45, 2.75) is 6.36 Å². The summed E-state index contributed by atoms with van der Waals surface area (Å²) in [4.78, 5) is 4.40. The Morgan fingerprint density at radius 3 is 2.10 bits per heavy atom. The highest BCUT2D eigenvalue weighted by Gasteiger charge is 2.31. The van der Waals surface area contributed by atoms with E-state index in [1.54, 1.807) is 30.3 Å². The van der Waals surface area contributed by atoms with E-state index in [2.05, 4.69) is 19.9 Å². The van der Waals surface area contributed by atoms with Gasteiger partial charge in [0.25, 0.3) is 0 Å². The van der Waals surface area contributed by atoms with Gasteiger partial charge >= 0.3 is 6.36 Å². The normalized spacial score (nSPS) is 12.0. The Balaban J connectivity index is 1.53. The molecule has 0 aliphatic rings. The topological polar surface area (TPSA) is 67.1 Å². The number of nitrogens with zero attached hydrogens (tertiary/aromatic N) is 3. The van der Waals surface area contributed by atoms with E-state index in [0.717, 1.165) is 10.3 Å². The van der Waals surface area contributed by atoms with Gasteiger partial charge in [-0.25, -0.2) is 4.98 Å². The molecule has 4 rings (SSSR count). The quantitative estimate of drug-likeness (QED) is 0.366. The number of benzene rings is 3. The second kappa shape index (κ2) is 7.51. The molecular formula is C20H12F3N3O2S. The van der Waals surface area contributed by atoms with Crippen LogP contribution in [-0.4, -0.2) is 16.5 Å². The van der Waals surface area contributed by atoms with Crippen LogP contribution in [0.5, 0.6) is 11.5 Å². The predicted molar refractivity (Wildman–Crippen MR) is 104 cm³/mol. The van der Waals surface area contributed by atoms with Crippen molar-refractivity contribution < 1.29 is 23.0 Å². The molecule has 4 aromatic rings. The number of thiazole rings is 1. The van der Waals surface area contributed by atoms with E-state index in [1.165, 1.54) is 35.6 Å². The molecule has 0 aliphatic carbocycles. The zero-order valence-corrected chi connectivity index (χ0v) is 15.4. The monoisotopic (exact) mass is 415 g/mol. The molecule has 29 heavy (non-hydrogen) atoms. The summed E-state index contributed by atoms with van der Waals surface area (Å²) in [7, 11) is 0. The third-order valence-corrected chi connectivity index (χ3v) is 4.92. The van der Waals surface area contributed by atoms with E-state index in [4.69, 9.17) is 0 Å². The van der Waals surface area contributed by atoms with E-state index in [9.17, 15) is 18.3 Å². The second-order valence-corrected chi connectivity index (χ2v) is 6.99. The molecular weight excluding hydrogens is 403 g/mol. The van der Waals surface area contributed by atoms with Gasteiger partial charge in [-0.2, -0.15) is 10.2 Å². The lowest BCUT2D eigenvalue weighted by molar-refractivity contribution is -0.274. The van der Waals surface area contributed by atoms with Crippen molar-refractivity contribution in [1.82, 2.24) is 4.98 Å². The van der Waals surface area contributed by atoms with Gasteiger partial charge in [-0.3, -0.25) is 0 Å². The molecule has 146 valence electrons. The fourth-order valence-electron chi connectivity index (χ4n) is 2.53. The number of ether oxygens (including phenoxy) is 1. The molecule has 0 fully saturated rings. The fourth-order valence-corrected chi connectivity index (χ4v) is 3.48. The number of phenols is 1. The highest BCUT2D eigenvalue weighted by Crippen LogP contribution is 2.34. The Hall–Kier alpha value is -3.46. The summed E-state index contributed by atoms with van der Waals surface area (Å²) in [6.45, 7) is 0. The number of aromatic nitrogens is 1. The molecule has 3 aromatic carbocycles. The highest BCUT2D eigenvalue weighted by molar-refractivity contribution is 7.21. The summed E-state index contributed by atoms with van der Waals surface area (Å²) < 4.78 is 41.8. The molecule has 1 heterocycles. The minimum atomic E-state index is -4.74. The first-order valence-electron chi connectivity index (χ1n) is 8.33. The summed E-state index contributed by atoms with van der Waals surface area (Å²) in [6.07, 6.45) is -4.74. The average Bonchev–Trinajstić information content (AvgIpc) is 3.10. The molecule has 9 heteroatoms. The Morgan fingerprint density at radius 2 is 1.48 bits per heavy atom. The van der Waals surface area contributed by atoms with Crippen molar-refractivity contribution in [3.8, 4) is 22.1 Å². The standard InChI is InChI=1S/C20H12F3N3O2S/c21-20(22,23)28-16-9-10-18-17(11-16)24-19(29-18)12-1-3-13(4-2-12)25-26-14-5-7-15(27)8-6-14/h1-11,27H/b26-25+. The van der Waals surface area contributed by atoms with Crippen LogP contribution < -0.4 is 4.74 Å². The van der Waals surface area contributed by atoms with Gasteiger partial charge in [0.05, 0.1) is 21.6 Å². The van der Waals surface area contributed by atoms with Crippen molar-refractivity contribution >= 4 is 32.9 Å². The zero-order valence-electron chi connectivity index (χ0n) is 14.6. The van der Waals surface area contributed by atoms with Gasteiger partial charge in [0.1, 0.15) is 16.5 Å².